The van der Waals surface area contributed by atoms with E-state index in [9.17, 15) is 4.79 Å². The van der Waals surface area contributed by atoms with Crippen molar-refractivity contribution in [1.82, 2.24) is 15.5 Å². The highest BCUT2D eigenvalue weighted by molar-refractivity contribution is 5.81. The van der Waals surface area contributed by atoms with Gasteiger partial charge in [0.15, 0.2) is 5.96 Å². The van der Waals surface area contributed by atoms with Gasteiger partial charge in [-0.3, -0.25) is 9.79 Å². The van der Waals surface area contributed by atoms with E-state index in [2.05, 4.69) is 15.6 Å². The molecule has 0 aromatic carbocycles. The molecule has 2 atom stereocenters. The van der Waals surface area contributed by atoms with Crippen molar-refractivity contribution in [1.29, 1.82) is 0 Å². The van der Waals surface area contributed by atoms with Gasteiger partial charge in [-0.15, -0.1) is 0 Å². The number of rotatable bonds is 5. The normalized spacial score (nSPS) is 21.7. The van der Waals surface area contributed by atoms with Crippen LogP contribution in [0.4, 0.5) is 0 Å². The van der Waals surface area contributed by atoms with Crippen LogP contribution in [0.3, 0.4) is 0 Å². The summed E-state index contributed by atoms with van der Waals surface area (Å²) >= 11 is 0. The van der Waals surface area contributed by atoms with E-state index in [1.165, 1.54) is 0 Å². The van der Waals surface area contributed by atoms with E-state index in [0.29, 0.717) is 19.0 Å². The summed E-state index contributed by atoms with van der Waals surface area (Å²) in [5, 5.41) is 6.37. The molecule has 2 N–H and O–H groups in total. The van der Waals surface area contributed by atoms with Gasteiger partial charge < -0.3 is 24.7 Å². The number of amides is 1. The van der Waals surface area contributed by atoms with Gasteiger partial charge in [-0.1, -0.05) is 0 Å². The molecule has 1 aromatic heterocycles. The molecule has 1 fully saturated rings. The Bertz CT molecular complexity index is 499. The van der Waals surface area contributed by atoms with Crippen LogP contribution in [0.25, 0.3) is 0 Å². The second-order valence-corrected chi connectivity index (χ2v) is 5.44. The van der Waals surface area contributed by atoms with Gasteiger partial charge in [0, 0.05) is 27.7 Å². The second kappa shape index (κ2) is 7.84. The van der Waals surface area contributed by atoms with Crippen LogP contribution < -0.4 is 10.6 Å². The molecule has 1 aliphatic heterocycles. The number of nitrogens with one attached hydrogen (secondary N) is 2. The SMILES string of the molecule is CN=C(NCc1ccco1)NC[C@@H]1CC[C@@H](C(=O)N(C)C)O1. The van der Waals surface area contributed by atoms with Crippen LogP contribution in [0.2, 0.25) is 0 Å². The van der Waals surface area contributed by atoms with Crippen molar-refractivity contribution in [3.05, 3.63) is 24.2 Å². The summed E-state index contributed by atoms with van der Waals surface area (Å²) in [6, 6.07) is 3.75. The van der Waals surface area contributed by atoms with E-state index in [1.807, 2.05) is 12.1 Å². The molecule has 2 heterocycles. The van der Waals surface area contributed by atoms with E-state index in [0.717, 1.165) is 18.6 Å². The van der Waals surface area contributed by atoms with Gasteiger partial charge in [0.05, 0.1) is 18.9 Å². The Morgan fingerprint density at radius 2 is 2.23 bits per heavy atom. The zero-order valence-corrected chi connectivity index (χ0v) is 13.3. The summed E-state index contributed by atoms with van der Waals surface area (Å²) in [5.41, 5.74) is 0. The predicted molar refractivity (Wildman–Crippen MR) is 83.5 cm³/mol. The fourth-order valence-electron chi connectivity index (χ4n) is 2.34. The van der Waals surface area contributed by atoms with E-state index >= 15 is 0 Å². The van der Waals surface area contributed by atoms with E-state index in [4.69, 9.17) is 9.15 Å². The Hall–Kier alpha value is -2.02. The lowest BCUT2D eigenvalue weighted by molar-refractivity contribution is -0.140. The molecule has 7 nitrogen and oxygen atoms in total. The average molecular weight is 308 g/mol. The van der Waals surface area contributed by atoms with Gasteiger partial charge in [-0.25, -0.2) is 0 Å². The third-order valence-electron chi connectivity index (χ3n) is 3.55. The van der Waals surface area contributed by atoms with Gasteiger partial charge >= 0.3 is 0 Å². The maximum atomic E-state index is 11.9. The number of guanidine groups is 1. The number of ether oxygens (including phenoxy) is 1. The van der Waals surface area contributed by atoms with Crippen LogP contribution in [-0.2, 0) is 16.1 Å². The molecular formula is C15H24N4O3. The van der Waals surface area contributed by atoms with Crippen molar-refractivity contribution >= 4 is 11.9 Å². The first kappa shape index (κ1) is 16.4. The highest BCUT2D eigenvalue weighted by Crippen LogP contribution is 2.20. The number of hydrogen-bond acceptors (Lipinski definition) is 4. The third kappa shape index (κ3) is 4.49. The lowest BCUT2D eigenvalue weighted by Crippen LogP contribution is -2.41. The molecule has 1 amide bonds. The largest absolute Gasteiger partial charge is 0.467 e. The first-order chi connectivity index (χ1) is 10.6. The van der Waals surface area contributed by atoms with E-state index < -0.39 is 0 Å². The van der Waals surface area contributed by atoms with Crippen LogP contribution in [0.1, 0.15) is 18.6 Å². The Morgan fingerprint density at radius 3 is 2.86 bits per heavy atom. The van der Waals surface area contributed by atoms with Crippen molar-refractivity contribution in [2.75, 3.05) is 27.7 Å². The molecular weight excluding hydrogens is 284 g/mol. The molecule has 2 rings (SSSR count). The fourth-order valence-corrected chi connectivity index (χ4v) is 2.34. The van der Waals surface area contributed by atoms with Gasteiger partial charge in [0.25, 0.3) is 5.91 Å². The summed E-state index contributed by atoms with van der Waals surface area (Å²) in [5.74, 6) is 1.56. The van der Waals surface area contributed by atoms with Gasteiger partial charge in [0.2, 0.25) is 0 Å². The molecule has 22 heavy (non-hydrogen) atoms. The summed E-state index contributed by atoms with van der Waals surface area (Å²) in [6.45, 7) is 1.19. The molecule has 1 saturated heterocycles. The van der Waals surface area contributed by atoms with Crippen LogP contribution in [0.5, 0.6) is 0 Å². The standard InChI is InChI=1S/C15H24N4O3/c1-16-15(17-9-11-5-4-8-21-11)18-10-12-6-7-13(22-12)14(20)19(2)3/h4-5,8,12-13H,6-7,9-10H2,1-3H3,(H2,16,17,18)/t12-,13-/m0/s1. The lowest BCUT2D eigenvalue weighted by Gasteiger charge is -2.18. The minimum absolute atomic E-state index is 0.0241. The molecule has 0 aliphatic carbocycles. The quantitative estimate of drug-likeness (QED) is 0.614. The molecule has 0 radical (unpaired) electrons. The summed E-state index contributed by atoms with van der Waals surface area (Å²) in [6.07, 6.45) is 2.98. The summed E-state index contributed by atoms with van der Waals surface area (Å²) in [7, 11) is 5.21. The number of nitrogens with zero attached hydrogens (tertiary/aromatic N) is 2. The molecule has 0 bridgehead atoms. The van der Waals surface area contributed by atoms with Crippen LogP contribution in [-0.4, -0.2) is 56.7 Å². The smallest absolute Gasteiger partial charge is 0.251 e. The highest BCUT2D eigenvalue weighted by atomic mass is 16.5. The minimum atomic E-state index is -0.320. The van der Waals surface area contributed by atoms with Crippen molar-refractivity contribution in [3.63, 3.8) is 0 Å². The van der Waals surface area contributed by atoms with Crippen molar-refractivity contribution in [2.24, 2.45) is 4.99 Å². The van der Waals surface area contributed by atoms with Crippen molar-refractivity contribution < 1.29 is 13.9 Å². The van der Waals surface area contributed by atoms with Gasteiger partial charge in [-0.05, 0) is 25.0 Å². The number of likely N-dealkylation sites (N-methyl/N-ethyl adjacent to an activating group) is 1. The first-order valence-corrected chi connectivity index (χ1v) is 7.43. The van der Waals surface area contributed by atoms with Gasteiger partial charge in [0.1, 0.15) is 11.9 Å². The first-order valence-electron chi connectivity index (χ1n) is 7.43. The number of hydrogen-bond donors (Lipinski definition) is 2. The predicted octanol–water partition coefficient (Wildman–Crippen LogP) is 0.580. The van der Waals surface area contributed by atoms with Crippen molar-refractivity contribution in [3.8, 4) is 0 Å². The number of furan rings is 1. The van der Waals surface area contributed by atoms with Gasteiger partial charge in [-0.2, -0.15) is 0 Å². The lowest BCUT2D eigenvalue weighted by atomic mass is 10.2. The highest BCUT2D eigenvalue weighted by Gasteiger charge is 2.31. The molecule has 0 spiro atoms. The Balaban J connectivity index is 1.71. The van der Waals surface area contributed by atoms with Crippen molar-refractivity contribution in [2.45, 2.75) is 31.6 Å². The average Bonchev–Trinajstić information content (AvgIpc) is 3.18. The zero-order chi connectivity index (χ0) is 15.9. The Kier molecular flexibility index (Phi) is 5.83. The third-order valence-corrected chi connectivity index (χ3v) is 3.55. The van der Waals surface area contributed by atoms with Crippen LogP contribution >= 0.6 is 0 Å². The zero-order valence-electron chi connectivity index (χ0n) is 13.3. The Labute approximate surface area is 130 Å². The van der Waals surface area contributed by atoms with E-state index in [1.54, 1.807) is 32.3 Å². The Morgan fingerprint density at radius 1 is 1.41 bits per heavy atom. The second-order valence-electron chi connectivity index (χ2n) is 5.44. The summed E-state index contributed by atoms with van der Waals surface area (Å²) in [4.78, 5) is 17.6. The topological polar surface area (TPSA) is 79.1 Å². The molecule has 122 valence electrons. The number of carbonyl (C=O) groups is 1. The molecule has 1 aliphatic rings. The number of aliphatic imine (C=N–C) groups is 1. The fraction of sp³-hybridized carbons (Fsp3) is 0.600. The molecule has 7 heteroatoms. The molecule has 0 unspecified atom stereocenters. The maximum absolute atomic E-state index is 11.9. The maximum Gasteiger partial charge on any atom is 0.251 e. The molecule has 1 aromatic rings. The van der Waals surface area contributed by atoms with Crippen LogP contribution in [0, 0.1) is 0 Å². The monoisotopic (exact) mass is 308 g/mol. The minimum Gasteiger partial charge on any atom is -0.467 e. The summed E-state index contributed by atoms with van der Waals surface area (Å²) < 4.78 is 11.0. The number of carbonyl (C=O) groups excluding carboxylic acids is 1. The van der Waals surface area contributed by atoms with Crippen LogP contribution in [0.15, 0.2) is 27.8 Å². The molecule has 0 saturated carbocycles. The van der Waals surface area contributed by atoms with E-state index in [-0.39, 0.29) is 18.1 Å².